The lowest BCUT2D eigenvalue weighted by molar-refractivity contribution is -0.679. The molecule has 0 atom stereocenters. The first-order valence-corrected chi connectivity index (χ1v) is 3.91. The van der Waals surface area contributed by atoms with Crippen LogP contribution in [0.25, 0.3) is 0 Å². The van der Waals surface area contributed by atoms with E-state index in [0.29, 0.717) is 0 Å². The Balaban J connectivity index is 0.000000605. The Morgan fingerprint density at radius 1 is 1.45 bits per heavy atom. The molecule has 3 heteroatoms. The summed E-state index contributed by atoms with van der Waals surface area (Å²) in [6.45, 7) is 1.22. The second-order valence-corrected chi connectivity index (χ2v) is 2.98. The van der Waals surface area contributed by atoms with E-state index >= 15 is 0 Å². The summed E-state index contributed by atoms with van der Waals surface area (Å²) in [5, 5.41) is 0. The molecule has 0 aromatic carbocycles. The van der Waals surface area contributed by atoms with Gasteiger partial charge < -0.3 is 24.0 Å². The number of rotatable bonds is 0. The second-order valence-electron chi connectivity index (χ2n) is 2.98. The van der Waals surface area contributed by atoms with E-state index in [0.717, 1.165) is 0 Å². The zero-order valence-electron chi connectivity index (χ0n) is 6.76. The summed E-state index contributed by atoms with van der Waals surface area (Å²) in [5.41, 5.74) is 0. The van der Waals surface area contributed by atoms with Crippen LogP contribution >= 0.6 is 0 Å². The molecule has 1 aliphatic heterocycles. The molecule has 0 aliphatic carbocycles. The Morgan fingerprint density at radius 3 is 3.00 bits per heavy atom. The zero-order chi connectivity index (χ0) is 6.97. The molecule has 0 saturated carbocycles. The minimum Gasteiger partial charge on any atom is -1.00 e. The third kappa shape index (κ3) is 1.58. The Hall–Kier alpha value is -0.0600. The van der Waals surface area contributed by atoms with Crippen molar-refractivity contribution in [3.63, 3.8) is 0 Å². The molecule has 0 amide bonds. The molecular formula is C8H13IN2. The number of hydrogen-bond donors (Lipinski definition) is 0. The van der Waals surface area contributed by atoms with Crippen molar-refractivity contribution in [3.8, 4) is 0 Å². The average molecular weight is 264 g/mol. The van der Waals surface area contributed by atoms with Crippen molar-refractivity contribution in [2.45, 2.75) is 25.8 Å². The van der Waals surface area contributed by atoms with Gasteiger partial charge in [-0.3, -0.25) is 0 Å². The maximum Gasteiger partial charge on any atom is 0.256 e. The van der Waals surface area contributed by atoms with Crippen LogP contribution in [0.15, 0.2) is 12.4 Å². The third-order valence-electron chi connectivity index (χ3n) is 2.26. The number of aromatic nitrogens is 2. The van der Waals surface area contributed by atoms with Crippen molar-refractivity contribution in [1.29, 1.82) is 0 Å². The van der Waals surface area contributed by atoms with Gasteiger partial charge in [0.2, 0.25) is 0 Å². The van der Waals surface area contributed by atoms with E-state index in [1.165, 1.54) is 31.6 Å². The van der Waals surface area contributed by atoms with Gasteiger partial charge in [0.05, 0.1) is 13.6 Å². The quantitative estimate of drug-likeness (QED) is 0.366. The Kier molecular flexibility index (Phi) is 2.92. The van der Waals surface area contributed by atoms with Crippen LogP contribution in [-0.4, -0.2) is 4.57 Å². The van der Waals surface area contributed by atoms with Crippen LogP contribution in [0.3, 0.4) is 0 Å². The van der Waals surface area contributed by atoms with Crippen LogP contribution in [0.2, 0.25) is 0 Å². The van der Waals surface area contributed by atoms with Gasteiger partial charge in [0.1, 0.15) is 12.4 Å². The van der Waals surface area contributed by atoms with E-state index in [-0.39, 0.29) is 24.0 Å². The first-order valence-electron chi connectivity index (χ1n) is 3.91. The Morgan fingerprint density at radius 2 is 2.27 bits per heavy atom. The van der Waals surface area contributed by atoms with Gasteiger partial charge in [0.25, 0.3) is 5.82 Å². The number of imidazole rings is 1. The van der Waals surface area contributed by atoms with Crippen molar-refractivity contribution in [2.24, 2.45) is 7.05 Å². The Labute approximate surface area is 84.2 Å². The van der Waals surface area contributed by atoms with Gasteiger partial charge in [0.15, 0.2) is 0 Å². The maximum absolute atomic E-state index is 2.35. The van der Waals surface area contributed by atoms with E-state index in [2.05, 4.69) is 28.6 Å². The molecule has 2 heterocycles. The molecule has 2 nitrogen and oxygen atoms in total. The van der Waals surface area contributed by atoms with Gasteiger partial charge in [-0.15, -0.1) is 0 Å². The van der Waals surface area contributed by atoms with Crippen LogP contribution in [0.5, 0.6) is 0 Å². The molecule has 0 bridgehead atoms. The van der Waals surface area contributed by atoms with E-state index in [9.17, 15) is 0 Å². The summed E-state index contributed by atoms with van der Waals surface area (Å²) in [6.07, 6.45) is 8.28. The van der Waals surface area contributed by atoms with E-state index in [1.54, 1.807) is 0 Å². The molecule has 1 aromatic rings. The predicted molar refractivity (Wildman–Crippen MR) is 38.5 cm³/mol. The van der Waals surface area contributed by atoms with Crippen molar-refractivity contribution >= 4 is 0 Å². The smallest absolute Gasteiger partial charge is 0.256 e. The number of aryl methyl sites for hydroxylation is 2. The second kappa shape index (κ2) is 3.56. The summed E-state index contributed by atoms with van der Waals surface area (Å²) in [6, 6.07) is 0. The molecule has 1 aromatic heterocycles. The van der Waals surface area contributed by atoms with Crippen molar-refractivity contribution < 1.29 is 28.5 Å². The fraction of sp³-hybridized carbons (Fsp3) is 0.625. The molecule has 62 valence electrons. The van der Waals surface area contributed by atoms with Crippen molar-refractivity contribution in [2.75, 3.05) is 0 Å². The van der Waals surface area contributed by atoms with Gasteiger partial charge in [0, 0.05) is 6.42 Å². The monoisotopic (exact) mass is 264 g/mol. The third-order valence-corrected chi connectivity index (χ3v) is 2.26. The molecule has 0 radical (unpaired) electrons. The lowest BCUT2D eigenvalue weighted by atomic mass is 10.2. The van der Waals surface area contributed by atoms with Crippen molar-refractivity contribution in [1.82, 2.24) is 4.57 Å². The molecule has 0 saturated heterocycles. The molecule has 0 fully saturated rings. The molecule has 2 rings (SSSR count). The summed E-state index contributed by atoms with van der Waals surface area (Å²) < 4.78 is 4.57. The minimum absolute atomic E-state index is 0. The first kappa shape index (κ1) is 9.03. The highest BCUT2D eigenvalue weighted by Gasteiger charge is 2.17. The lowest BCUT2D eigenvalue weighted by Crippen LogP contribution is -3.00. The van der Waals surface area contributed by atoms with E-state index in [4.69, 9.17) is 0 Å². The van der Waals surface area contributed by atoms with Crippen LogP contribution in [0.4, 0.5) is 0 Å². The fourth-order valence-electron chi connectivity index (χ4n) is 1.64. The summed E-state index contributed by atoms with van der Waals surface area (Å²) in [7, 11) is 2.12. The van der Waals surface area contributed by atoms with Crippen LogP contribution in [0.1, 0.15) is 18.7 Å². The van der Waals surface area contributed by atoms with Crippen LogP contribution < -0.4 is 28.5 Å². The van der Waals surface area contributed by atoms with E-state index in [1.807, 2.05) is 0 Å². The first-order chi connectivity index (χ1) is 4.88. The molecular weight excluding hydrogens is 251 g/mol. The summed E-state index contributed by atoms with van der Waals surface area (Å²) >= 11 is 0. The molecule has 11 heavy (non-hydrogen) atoms. The van der Waals surface area contributed by atoms with Gasteiger partial charge in [-0.25, -0.2) is 9.13 Å². The minimum atomic E-state index is 0. The summed E-state index contributed by atoms with van der Waals surface area (Å²) in [5.74, 6) is 1.48. The topological polar surface area (TPSA) is 8.81 Å². The molecule has 0 N–H and O–H groups in total. The van der Waals surface area contributed by atoms with Gasteiger partial charge in [-0.2, -0.15) is 0 Å². The van der Waals surface area contributed by atoms with Crippen molar-refractivity contribution in [3.05, 3.63) is 18.2 Å². The summed E-state index contributed by atoms with van der Waals surface area (Å²) in [4.78, 5) is 0. The lowest BCUT2D eigenvalue weighted by Gasteiger charge is -2.07. The molecule has 0 unspecified atom stereocenters. The number of hydrogen-bond acceptors (Lipinski definition) is 0. The largest absolute Gasteiger partial charge is 1.00 e. The fourth-order valence-corrected chi connectivity index (χ4v) is 1.64. The highest BCUT2D eigenvalue weighted by Crippen LogP contribution is 2.09. The number of fused-ring (bicyclic) bond motifs is 1. The molecule has 1 aliphatic rings. The highest BCUT2D eigenvalue weighted by molar-refractivity contribution is 4.86. The predicted octanol–water partition coefficient (Wildman–Crippen LogP) is -2.35. The van der Waals surface area contributed by atoms with Gasteiger partial charge in [-0.05, 0) is 12.8 Å². The zero-order valence-corrected chi connectivity index (χ0v) is 8.91. The number of halogens is 1. The standard InChI is InChI=1S/C8H13N2.HI/c1-9-6-7-10-5-3-2-4-8(9)10;/h6-7H,2-5H2,1H3;1H/q+1;/p-1. The normalized spacial score (nSPS) is 15.4. The van der Waals surface area contributed by atoms with Gasteiger partial charge in [-0.1, -0.05) is 0 Å². The highest BCUT2D eigenvalue weighted by atomic mass is 127. The maximum atomic E-state index is 2.35. The SMILES string of the molecule is C[n+]1ccn2c1CCCC2.[I-]. The van der Waals surface area contributed by atoms with Crippen LogP contribution in [0, 0.1) is 0 Å². The van der Waals surface area contributed by atoms with Gasteiger partial charge >= 0.3 is 0 Å². The van der Waals surface area contributed by atoms with Crippen LogP contribution in [-0.2, 0) is 20.0 Å². The Bertz CT molecular complexity index is 242. The van der Waals surface area contributed by atoms with E-state index < -0.39 is 0 Å². The molecule has 0 spiro atoms. The number of nitrogens with zero attached hydrogens (tertiary/aromatic N) is 2. The average Bonchev–Trinajstić information content (AvgIpc) is 2.34.